The fourth-order valence-corrected chi connectivity index (χ4v) is 4.98. The maximum Gasteiger partial charge on any atom is 0.125 e. The van der Waals surface area contributed by atoms with Gasteiger partial charge in [-0.1, -0.05) is 65.2 Å². The van der Waals surface area contributed by atoms with Crippen molar-refractivity contribution in [1.82, 2.24) is 0 Å². The van der Waals surface area contributed by atoms with Crippen LogP contribution in [-0.4, -0.2) is 35.7 Å². The predicted molar refractivity (Wildman–Crippen MR) is 104 cm³/mol. The molecule has 0 aromatic rings. The van der Waals surface area contributed by atoms with Crippen LogP contribution in [0.15, 0.2) is 0 Å². The molecule has 0 unspecified atom stereocenters. The number of halogens is 1. The zero-order valence-electron chi connectivity index (χ0n) is 16.0. The first-order valence-corrected chi connectivity index (χ1v) is 11.4. The van der Waals surface area contributed by atoms with E-state index in [2.05, 4.69) is 25.6 Å². The first kappa shape index (κ1) is 23.6. The van der Waals surface area contributed by atoms with Crippen LogP contribution in [0.4, 0.5) is 0 Å². The molecule has 1 saturated heterocycles. The first-order chi connectivity index (χ1) is 10.8. The Morgan fingerprint density at radius 1 is 0.696 bits per heavy atom. The summed E-state index contributed by atoms with van der Waals surface area (Å²) in [5.74, 6) is 2.82. The van der Waals surface area contributed by atoms with Gasteiger partial charge in [-0.25, -0.2) is 0 Å². The van der Waals surface area contributed by atoms with E-state index in [1.807, 2.05) is 0 Å². The van der Waals surface area contributed by atoms with Gasteiger partial charge in [0, 0.05) is 12.2 Å². The molecule has 0 aromatic heterocycles. The Hall–Kier alpha value is 0.600. The van der Waals surface area contributed by atoms with E-state index in [1.54, 1.807) is 0 Å². The highest BCUT2D eigenvalue weighted by molar-refractivity contribution is 7.99. The highest BCUT2D eigenvalue weighted by Gasteiger charge is 2.28. The van der Waals surface area contributed by atoms with Crippen LogP contribution >= 0.6 is 11.8 Å². The van der Waals surface area contributed by atoms with Crippen LogP contribution < -0.4 is 12.4 Å². The van der Waals surface area contributed by atoms with Gasteiger partial charge in [0.1, 0.15) is 5.88 Å². The van der Waals surface area contributed by atoms with Crippen molar-refractivity contribution in [3.05, 3.63) is 0 Å². The van der Waals surface area contributed by atoms with Crippen LogP contribution in [-0.2, 0) is 0 Å². The summed E-state index contributed by atoms with van der Waals surface area (Å²) >= 11 is 2.22. The zero-order chi connectivity index (χ0) is 15.9. The lowest BCUT2D eigenvalue weighted by Gasteiger charge is -2.41. The fourth-order valence-electron chi connectivity index (χ4n) is 3.74. The van der Waals surface area contributed by atoms with Gasteiger partial charge in [0.2, 0.25) is 0 Å². The van der Waals surface area contributed by atoms with Crippen molar-refractivity contribution in [1.29, 1.82) is 0 Å². The molecule has 3 heteroatoms. The summed E-state index contributed by atoms with van der Waals surface area (Å²) in [6.07, 6.45) is 18.8. The normalized spacial score (nSPS) is 17.0. The van der Waals surface area contributed by atoms with Crippen molar-refractivity contribution >= 4 is 11.8 Å². The van der Waals surface area contributed by atoms with Crippen molar-refractivity contribution in [2.75, 3.05) is 31.3 Å². The smallest absolute Gasteiger partial charge is 0.125 e. The molecule has 1 heterocycles. The number of nitrogens with zero attached hydrogens (tertiary/aromatic N) is 1. The molecule has 0 aromatic carbocycles. The molecular weight excluding hydrogens is 322 g/mol. The summed E-state index contributed by atoms with van der Waals surface area (Å²) in [4.78, 5) is 0. The third-order valence-corrected chi connectivity index (χ3v) is 6.57. The van der Waals surface area contributed by atoms with Crippen molar-refractivity contribution in [2.45, 2.75) is 97.3 Å². The van der Waals surface area contributed by atoms with Gasteiger partial charge in [-0.15, -0.1) is 11.8 Å². The lowest BCUT2D eigenvalue weighted by atomic mass is 10.1. The molecule has 0 atom stereocenters. The maximum atomic E-state index is 2.31. The average Bonchev–Trinajstić information content (AvgIpc) is 2.55. The van der Waals surface area contributed by atoms with Gasteiger partial charge in [0.15, 0.2) is 0 Å². The van der Waals surface area contributed by atoms with E-state index in [4.69, 9.17) is 0 Å². The summed E-state index contributed by atoms with van der Waals surface area (Å²) in [6, 6.07) is 0. The molecule has 1 aliphatic rings. The fraction of sp³-hybridized carbons (Fsp3) is 1.00. The molecule has 1 fully saturated rings. The molecule has 1 rings (SSSR count). The van der Waals surface area contributed by atoms with Crippen LogP contribution in [0.3, 0.4) is 0 Å². The minimum absolute atomic E-state index is 0. The van der Waals surface area contributed by atoms with Crippen LogP contribution in [0, 0.1) is 0 Å². The summed E-state index contributed by atoms with van der Waals surface area (Å²) in [5.41, 5.74) is 0. The molecule has 0 bridgehead atoms. The lowest BCUT2D eigenvalue weighted by molar-refractivity contribution is -0.918. The number of hydrogen-bond donors (Lipinski definition) is 0. The minimum Gasteiger partial charge on any atom is -1.00 e. The Balaban J connectivity index is 0.00000484. The van der Waals surface area contributed by atoms with E-state index >= 15 is 0 Å². The molecule has 23 heavy (non-hydrogen) atoms. The van der Waals surface area contributed by atoms with E-state index in [9.17, 15) is 0 Å². The molecule has 0 aliphatic carbocycles. The first-order valence-electron chi connectivity index (χ1n) is 10.3. The lowest BCUT2D eigenvalue weighted by Crippen LogP contribution is -3.00. The summed E-state index contributed by atoms with van der Waals surface area (Å²) in [7, 11) is 0. The van der Waals surface area contributed by atoms with Gasteiger partial charge in [-0.3, -0.25) is 0 Å². The summed E-state index contributed by atoms with van der Waals surface area (Å²) in [5, 5.41) is 0. The van der Waals surface area contributed by atoms with Gasteiger partial charge in [-0.05, 0) is 25.7 Å². The number of hydrogen-bond acceptors (Lipinski definition) is 1. The Labute approximate surface area is 157 Å². The Morgan fingerprint density at radius 3 is 1.61 bits per heavy atom. The van der Waals surface area contributed by atoms with Gasteiger partial charge < -0.3 is 16.9 Å². The number of quaternary nitrogens is 1. The Morgan fingerprint density at radius 2 is 1.17 bits per heavy atom. The predicted octanol–water partition coefficient (Wildman–Crippen LogP) is 3.62. The van der Waals surface area contributed by atoms with Crippen LogP contribution in [0.1, 0.15) is 97.3 Å². The third kappa shape index (κ3) is 11.7. The van der Waals surface area contributed by atoms with E-state index in [1.165, 1.54) is 119 Å². The van der Waals surface area contributed by atoms with Crippen molar-refractivity contribution in [3.8, 4) is 0 Å². The van der Waals surface area contributed by atoms with Crippen LogP contribution in [0.5, 0.6) is 0 Å². The van der Waals surface area contributed by atoms with E-state index < -0.39 is 0 Å². The number of rotatable bonds is 14. The largest absolute Gasteiger partial charge is 1.00 e. The molecule has 0 saturated carbocycles. The summed E-state index contributed by atoms with van der Waals surface area (Å²) < 4.78 is 1.45. The standard InChI is InChI=1S/C20H42NS.ClH/c1-3-5-7-9-11-13-16-21(18-15-19-22-20-21)17-14-12-10-8-6-4-2;/h3-20H2,1-2H3;1H/q+1;/p-1. The Kier molecular flexibility index (Phi) is 16.5. The van der Waals surface area contributed by atoms with E-state index in [0.29, 0.717) is 0 Å². The number of thioether (sulfide) groups is 1. The quantitative estimate of drug-likeness (QED) is 0.335. The molecule has 140 valence electrons. The highest BCUT2D eigenvalue weighted by Crippen LogP contribution is 2.25. The van der Waals surface area contributed by atoms with Crippen molar-refractivity contribution in [3.63, 3.8) is 0 Å². The van der Waals surface area contributed by atoms with Crippen molar-refractivity contribution in [2.24, 2.45) is 0 Å². The van der Waals surface area contributed by atoms with Gasteiger partial charge in [-0.2, -0.15) is 0 Å². The topological polar surface area (TPSA) is 0 Å². The van der Waals surface area contributed by atoms with Gasteiger partial charge in [0.25, 0.3) is 0 Å². The van der Waals surface area contributed by atoms with Gasteiger partial charge >= 0.3 is 0 Å². The minimum atomic E-state index is 0. The molecule has 0 radical (unpaired) electrons. The maximum absolute atomic E-state index is 2.31. The van der Waals surface area contributed by atoms with Crippen LogP contribution in [0.2, 0.25) is 0 Å². The zero-order valence-corrected chi connectivity index (χ0v) is 17.5. The highest BCUT2D eigenvalue weighted by atomic mass is 35.5. The molecule has 0 spiro atoms. The molecular formula is C20H42ClNS. The second kappa shape index (κ2) is 16.1. The second-order valence-corrected chi connectivity index (χ2v) is 8.51. The van der Waals surface area contributed by atoms with Gasteiger partial charge in [0.05, 0.1) is 19.6 Å². The molecule has 0 amide bonds. The Bertz CT molecular complexity index is 224. The molecule has 1 aliphatic heterocycles. The monoisotopic (exact) mass is 363 g/mol. The SMILES string of the molecule is CCCCCCCC[N+]1(CCCCCCCC)CCCSC1.[Cl-]. The molecule has 1 nitrogen and oxygen atoms in total. The van der Waals surface area contributed by atoms with Crippen molar-refractivity contribution < 1.29 is 16.9 Å². The average molecular weight is 364 g/mol. The van der Waals surface area contributed by atoms with E-state index in [-0.39, 0.29) is 12.4 Å². The molecule has 0 N–H and O–H groups in total. The second-order valence-electron chi connectivity index (χ2n) is 7.44. The number of unbranched alkanes of at least 4 members (excludes halogenated alkanes) is 10. The van der Waals surface area contributed by atoms with Crippen LogP contribution in [0.25, 0.3) is 0 Å². The van der Waals surface area contributed by atoms with E-state index in [0.717, 1.165) is 0 Å². The summed E-state index contributed by atoms with van der Waals surface area (Å²) in [6.45, 7) is 9.02. The third-order valence-electron chi connectivity index (χ3n) is 5.26.